The van der Waals surface area contributed by atoms with Gasteiger partial charge in [-0.25, -0.2) is 0 Å². The second-order valence-electron chi connectivity index (χ2n) is 6.54. The van der Waals surface area contributed by atoms with E-state index in [1.807, 2.05) is 12.2 Å². The molecule has 0 saturated heterocycles. The number of nitrogens with one attached hydrogen (secondary N) is 1. The summed E-state index contributed by atoms with van der Waals surface area (Å²) in [5, 5.41) is 14.9. The first-order chi connectivity index (χ1) is 10.5. The molecule has 0 heterocycles. The van der Waals surface area contributed by atoms with Crippen molar-refractivity contribution in [3.05, 3.63) is 41.4 Å². The highest BCUT2D eigenvalue weighted by Gasteiger charge is 2.68. The highest BCUT2D eigenvalue weighted by molar-refractivity contribution is 6.30. The number of rotatable bonds is 3. The lowest BCUT2D eigenvalue weighted by molar-refractivity contribution is -0.313. The molecule has 0 aliphatic heterocycles. The molecule has 0 radical (unpaired) electrons. The van der Waals surface area contributed by atoms with Crippen molar-refractivity contribution in [3.8, 4) is 0 Å². The van der Waals surface area contributed by atoms with Crippen LogP contribution in [0.2, 0.25) is 5.02 Å². The van der Waals surface area contributed by atoms with Crippen molar-refractivity contribution in [1.82, 2.24) is 0 Å². The molecule has 2 bridgehead atoms. The van der Waals surface area contributed by atoms with Crippen molar-refractivity contribution < 1.29 is 14.7 Å². The van der Waals surface area contributed by atoms with E-state index in [1.54, 1.807) is 24.3 Å². The van der Waals surface area contributed by atoms with Gasteiger partial charge in [-0.15, -0.1) is 0 Å². The number of hydrogen-bond donors (Lipinski definition) is 1. The minimum Gasteiger partial charge on any atom is -0.550 e. The number of benzene rings is 1. The molecule has 1 N–H and O–H groups in total. The molecule has 4 atom stereocenters. The van der Waals surface area contributed by atoms with E-state index < -0.39 is 17.8 Å². The van der Waals surface area contributed by atoms with Gasteiger partial charge in [0.05, 0.1) is 5.92 Å². The average Bonchev–Trinajstić information content (AvgIpc) is 3.12. The number of halogens is 1. The zero-order valence-corrected chi connectivity index (χ0v) is 12.5. The molecule has 3 aliphatic rings. The van der Waals surface area contributed by atoms with Crippen molar-refractivity contribution in [3.63, 3.8) is 0 Å². The summed E-state index contributed by atoms with van der Waals surface area (Å²) in [6.45, 7) is 0. The van der Waals surface area contributed by atoms with Gasteiger partial charge < -0.3 is 15.2 Å². The molecule has 1 aromatic carbocycles. The number of carboxylic acids is 1. The predicted octanol–water partition coefficient (Wildman–Crippen LogP) is 1.86. The van der Waals surface area contributed by atoms with Crippen LogP contribution in [0.25, 0.3) is 0 Å². The molecule has 2 fully saturated rings. The van der Waals surface area contributed by atoms with Crippen LogP contribution in [0.4, 0.5) is 5.69 Å². The van der Waals surface area contributed by atoms with Crippen molar-refractivity contribution in [2.45, 2.75) is 12.8 Å². The Morgan fingerprint density at radius 3 is 2.45 bits per heavy atom. The Morgan fingerprint density at radius 2 is 1.86 bits per heavy atom. The van der Waals surface area contributed by atoms with Gasteiger partial charge in [-0.3, -0.25) is 4.79 Å². The van der Waals surface area contributed by atoms with Crippen LogP contribution in [0.15, 0.2) is 36.4 Å². The lowest BCUT2D eigenvalue weighted by Gasteiger charge is -2.27. The quantitative estimate of drug-likeness (QED) is 0.865. The average molecular weight is 317 g/mol. The SMILES string of the molecule is O=C([O-])C1C(C(=O)Nc2cccc(Cl)c2)C2C=CC1C21CC1. The Kier molecular flexibility index (Phi) is 2.89. The summed E-state index contributed by atoms with van der Waals surface area (Å²) in [5.41, 5.74) is 0.590. The van der Waals surface area contributed by atoms with Gasteiger partial charge >= 0.3 is 0 Å². The molecule has 4 nitrogen and oxygen atoms in total. The van der Waals surface area contributed by atoms with Crippen molar-refractivity contribution in [2.24, 2.45) is 29.1 Å². The van der Waals surface area contributed by atoms with Crippen molar-refractivity contribution >= 4 is 29.2 Å². The molecular formula is C17H15ClNO3-. The van der Waals surface area contributed by atoms with E-state index in [0.717, 1.165) is 12.8 Å². The first-order valence-corrected chi connectivity index (χ1v) is 7.86. The number of carboxylic acid groups (broad SMARTS) is 1. The molecule has 114 valence electrons. The number of carbonyl (C=O) groups excluding carboxylic acids is 2. The lowest BCUT2D eigenvalue weighted by atomic mass is 9.82. The summed E-state index contributed by atoms with van der Waals surface area (Å²) < 4.78 is 0. The second kappa shape index (κ2) is 4.59. The minimum atomic E-state index is -1.12. The number of carbonyl (C=O) groups is 2. The van der Waals surface area contributed by atoms with Crippen LogP contribution in [-0.4, -0.2) is 11.9 Å². The molecule has 0 aromatic heterocycles. The monoisotopic (exact) mass is 316 g/mol. The van der Waals surface area contributed by atoms with Gasteiger partial charge in [-0.2, -0.15) is 0 Å². The van der Waals surface area contributed by atoms with E-state index in [-0.39, 0.29) is 23.2 Å². The van der Waals surface area contributed by atoms with E-state index >= 15 is 0 Å². The fourth-order valence-corrected chi connectivity index (χ4v) is 4.66. The van der Waals surface area contributed by atoms with Crippen LogP contribution in [0.5, 0.6) is 0 Å². The Balaban J connectivity index is 1.62. The van der Waals surface area contributed by atoms with E-state index in [4.69, 9.17) is 11.6 Å². The number of aliphatic carboxylic acids is 1. The molecule has 3 aliphatic carbocycles. The summed E-state index contributed by atoms with van der Waals surface area (Å²) in [7, 11) is 0. The maximum absolute atomic E-state index is 12.7. The van der Waals surface area contributed by atoms with Crippen LogP contribution in [-0.2, 0) is 9.59 Å². The fourth-order valence-electron chi connectivity index (χ4n) is 4.47. The van der Waals surface area contributed by atoms with Crippen molar-refractivity contribution in [2.75, 3.05) is 5.32 Å². The van der Waals surface area contributed by atoms with E-state index in [0.29, 0.717) is 10.7 Å². The third-order valence-corrected chi connectivity index (χ3v) is 5.74. The molecule has 4 unspecified atom stereocenters. The molecule has 2 saturated carbocycles. The zero-order valence-electron chi connectivity index (χ0n) is 11.8. The molecule has 1 amide bonds. The summed E-state index contributed by atoms with van der Waals surface area (Å²) in [5.74, 6) is -2.69. The van der Waals surface area contributed by atoms with Gasteiger partial charge in [0.25, 0.3) is 0 Å². The maximum atomic E-state index is 12.7. The van der Waals surface area contributed by atoms with E-state index in [1.165, 1.54) is 0 Å². The molecule has 5 heteroatoms. The standard InChI is InChI=1S/C17H16ClNO3/c18-9-2-1-3-10(8-9)19-15(20)13-11-4-5-12(14(13)16(21)22)17(11)6-7-17/h1-5,8,11-14H,6-7H2,(H,19,20)(H,21,22)/p-1. The predicted molar refractivity (Wildman–Crippen MR) is 79.9 cm³/mol. The zero-order chi connectivity index (χ0) is 15.5. The van der Waals surface area contributed by atoms with Gasteiger partial charge in [-0.05, 0) is 48.3 Å². The van der Waals surface area contributed by atoms with E-state index in [9.17, 15) is 14.7 Å². The second-order valence-corrected chi connectivity index (χ2v) is 6.98. The number of hydrogen-bond acceptors (Lipinski definition) is 3. The van der Waals surface area contributed by atoms with Gasteiger partial charge in [0.1, 0.15) is 0 Å². The maximum Gasteiger partial charge on any atom is 0.228 e. The normalized spacial score (nSPS) is 33.1. The smallest absolute Gasteiger partial charge is 0.228 e. The van der Waals surface area contributed by atoms with Crippen LogP contribution in [0, 0.1) is 29.1 Å². The largest absolute Gasteiger partial charge is 0.550 e. The topological polar surface area (TPSA) is 69.2 Å². The molecule has 1 aromatic rings. The van der Waals surface area contributed by atoms with Gasteiger partial charge in [0.2, 0.25) is 5.91 Å². The van der Waals surface area contributed by atoms with E-state index in [2.05, 4.69) is 5.32 Å². The summed E-state index contributed by atoms with van der Waals surface area (Å²) in [4.78, 5) is 24.2. The van der Waals surface area contributed by atoms with Crippen LogP contribution in [0.1, 0.15) is 12.8 Å². The Labute approximate surface area is 133 Å². The summed E-state index contributed by atoms with van der Waals surface area (Å²) >= 11 is 5.92. The van der Waals surface area contributed by atoms with Gasteiger partial charge in [0.15, 0.2) is 0 Å². The molecular weight excluding hydrogens is 302 g/mol. The highest BCUT2D eigenvalue weighted by Crippen LogP contribution is 2.71. The molecule has 22 heavy (non-hydrogen) atoms. The van der Waals surface area contributed by atoms with Crippen LogP contribution < -0.4 is 10.4 Å². The molecule has 1 spiro atoms. The summed E-state index contributed by atoms with van der Waals surface area (Å²) in [6.07, 6.45) is 6.00. The van der Waals surface area contributed by atoms with Gasteiger partial charge in [-0.1, -0.05) is 29.8 Å². The van der Waals surface area contributed by atoms with Crippen molar-refractivity contribution in [1.29, 1.82) is 0 Å². The number of anilines is 1. The number of amides is 1. The lowest BCUT2D eigenvalue weighted by Crippen LogP contribution is -2.42. The Morgan fingerprint density at radius 1 is 1.18 bits per heavy atom. The first-order valence-electron chi connectivity index (χ1n) is 7.48. The fraction of sp³-hybridized carbons (Fsp3) is 0.412. The first kappa shape index (κ1) is 13.8. The third-order valence-electron chi connectivity index (χ3n) is 5.51. The summed E-state index contributed by atoms with van der Waals surface area (Å²) in [6, 6.07) is 6.87. The Bertz CT molecular complexity index is 695. The highest BCUT2D eigenvalue weighted by atomic mass is 35.5. The third kappa shape index (κ3) is 1.83. The number of allylic oxidation sites excluding steroid dienone is 2. The Hall–Kier alpha value is -1.81. The van der Waals surface area contributed by atoms with Crippen LogP contribution >= 0.6 is 11.6 Å². The van der Waals surface area contributed by atoms with Crippen LogP contribution in [0.3, 0.4) is 0 Å². The van der Waals surface area contributed by atoms with Gasteiger partial charge in [0, 0.05) is 22.6 Å². The minimum absolute atomic E-state index is 0.00107. The molecule has 4 rings (SSSR count).